The average Bonchev–Trinajstić information content (AvgIpc) is 2.45. The van der Waals surface area contributed by atoms with Gasteiger partial charge in [0.2, 0.25) is 10.0 Å². The molecule has 1 aromatic rings. The van der Waals surface area contributed by atoms with Crippen LogP contribution in [-0.4, -0.2) is 33.0 Å². The number of rotatable bonds is 9. The molecular formula is C14H23ClN2O2S2. The van der Waals surface area contributed by atoms with Crippen LogP contribution in [0.25, 0.3) is 0 Å². The zero-order valence-corrected chi connectivity index (χ0v) is 15.0. The molecule has 0 saturated carbocycles. The van der Waals surface area contributed by atoms with Gasteiger partial charge in [-0.25, -0.2) is 13.1 Å². The summed E-state index contributed by atoms with van der Waals surface area (Å²) >= 11 is 7.79. The topological polar surface area (TPSA) is 58.2 Å². The highest BCUT2D eigenvalue weighted by molar-refractivity contribution is 7.98. The van der Waals surface area contributed by atoms with Gasteiger partial charge in [0.1, 0.15) is 0 Å². The van der Waals surface area contributed by atoms with Crippen LogP contribution in [0.4, 0.5) is 0 Å². The number of hydrogen-bond donors (Lipinski definition) is 2. The van der Waals surface area contributed by atoms with E-state index in [0.717, 1.165) is 24.3 Å². The van der Waals surface area contributed by atoms with Crippen molar-refractivity contribution >= 4 is 33.4 Å². The molecule has 2 N–H and O–H groups in total. The van der Waals surface area contributed by atoms with Gasteiger partial charge in [-0.05, 0) is 36.9 Å². The van der Waals surface area contributed by atoms with Crippen LogP contribution >= 0.6 is 23.4 Å². The third kappa shape index (κ3) is 5.79. The van der Waals surface area contributed by atoms with Crippen LogP contribution in [0.5, 0.6) is 0 Å². The lowest BCUT2D eigenvalue weighted by Crippen LogP contribution is -2.36. The summed E-state index contributed by atoms with van der Waals surface area (Å²) in [6.45, 7) is 5.45. The molecule has 0 amide bonds. The zero-order chi connectivity index (χ0) is 15.9. The van der Waals surface area contributed by atoms with Crippen LogP contribution in [0.3, 0.4) is 0 Å². The van der Waals surface area contributed by atoms with Gasteiger partial charge in [-0.1, -0.05) is 31.5 Å². The van der Waals surface area contributed by atoms with Crippen molar-refractivity contribution in [3.8, 4) is 0 Å². The van der Waals surface area contributed by atoms with Gasteiger partial charge in [-0.3, -0.25) is 0 Å². The van der Waals surface area contributed by atoms with Crippen molar-refractivity contribution in [3.05, 3.63) is 28.8 Å². The van der Waals surface area contributed by atoms with Crippen LogP contribution in [-0.2, 0) is 16.6 Å². The third-order valence-corrected chi connectivity index (χ3v) is 5.69. The molecule has 21 heavy (non-hydrogen) atoms. The minimum Gasteiger partial charge on any atom is -0.313 e. The summed E-state index contributed by atoms with van der Waals surface area (Å²) in [7, 11) is -3.52. The summed E-state index contributed by atoms with van der Waals surface area (Å²) in [6.07, 6.45) is 2.72. The summed E-state index contributed by atoms with van der Waals surface area (Å²) in [5.41, 5.74) is 0.897. The molecule has 120 valence electrons. The maximum absolute atomic E-state index is 12.4. The first-order chi connectivity index (χ1) is 9.94. The van der Waals surface area contributed by atoms with Crippen LogP contribution < -0.4 is 10.0 Å². The van der Waals surface area contributed by atoms with E-state index >= 15 is 0 Å². The van der Waals surface area contributed by atoms with Crippen LogP contribution in [0, 0.1) is 0 Å². The number of hydrogen-bond acceptors (Lipinski definition) is 4. The van der Waals surface area contributed by atoms with E-state index in [1.807, 2.05) is 20.1 Å². The molecule has 0 fully saturated rings. The largest absolute Gasteiger partial charge is 0.313 e. The second kappa shape index (κ2) is 9.00. The predicted molar refractivity (Wildman–Crippen MR) is 91.6 cm³/mol. The Bertz CT molecular complexity index is 550. The second-order valence-electron chi connectivity index (χ2n) is 4.72. The summed E-state index contributed by atoms with van der Waals surface area (Å²) in [5.74, 6) is 0.752. The lowest BCUT2D eigenvalue weighted by atomic mass is 10.2. The van der Waals surface area contributed by atoms with Crippen molar-refractivity contribution in [1.29, 1.82) is 0 Å². The number of sulfonamides is 1. The number of nitrogens with one attached hydrogen (secondary N) is 2. The van der Waals surface area contributed by atoms with Gasteiger partial charge in [0.15, 0.2) is 0 Å². The monoisotopic (exact) mass is 350 g/mol. The molecule has 0 heterocycles. The fourth-order valence-corrected chi connectivity index (χ4v) is 4.31. The van der Waals surface area contributed by atoms with E-state index in [9.17, 15) is 8.42 Å². The number of thioether (sulfide) groups is 1. The molecule has 1 aromatic carbocycles. The lowest BCUT2D eigenvalue weighted by Gasteiger charge is -2.16. The highest BCUT2D eigenvalue weighted by Crippen LogP contribution is 2.21. The van der Waals surface area contributed by atoms with Crippen LogP contribution in [0.2, 0.25) is 5.02 Å². The van der Waals surface area contributed by atoms with E-state index < -0.39 is 10.0 Å². The Kier molecular flexibility index (Phi) is 8.05. The number of benzene rings is 1. The molecule has 0 spiro atoms. The first kappa shape index (κ1) is 18.8. The highest BCUT2D eigenvalue weighted by Gasteiger charge is 2.19. The predicted octanol–water partition coefficient (Wildman–Crippen LogP) is 2.87. The van der Waals surface area contributed by atoms with E-state index in [1.54, 1.807) is 23.9 Å². The molecule has 1 atom stereocenters. The minimum absolute atomic E-state index is 0.0646. The SMILES string of the molecule is CCNCc1ccc(S(=O)(=O)NC(CC)CSC)cc1Cl. The molecule has 0 aromatic heterocycles. The molecule has 1 rings (SSSR count). The normalized spacial score (nSPS) is 13.3. The van der Waals surface area contributed by atoms with Crippen molar-refractivity contribution in [1.82, 2.24) is 10.0 Å². The Morgan fingerprint density at radius 2 is 2.05 bits per heavy atom. The summed E-state index contributed by atoms with van der Waals surface area (Å²) in [4.78, 5) is 0.215. The summed E-state index contributed by atoms with van der Waals surface area (Å²) < 4.78 is 27.4. The smallest absolute Gasteiger partial charge is 0.240 e. The standard InChI is InChI=1S/C14H23ClN2O2S2/c1-4-12(10-20-3)17-21(18,19)13-7-6-11(9-16-5-2)14(15)8-13/h6-8,12,16-17H,4-5,9-10H2,1-3H3. The quantitative estimate of drug-likeness (QED) is 0.719. The maximum Gasteiger partial charge on any atom is 0.240 e. The molecule has 0 saturated heterocycles. The summed E-state index contributed by atoms with van der Waals surface area (Å²) in [5, 5.41) is 3.64. The van der Waals surface area contributed by atoms with Crippen molar-refractivity contribution in [2.24, 2.45) is 0 Å². The maximum atomic E-state index is 12.4. The van der Waals surface area contributed by atoms with Gasteiger partial charge in [0.25, 0.3) is 0 Å². The Morgan fingerprint density at radius 1 is 1.33 bits per heavy atom. The Labute approximate surface area is 137 Å². The molecule has 7 heteroatoms. The minimum atomic E-state index is -3.52. The third-order valence-electron chi connectivity index (χ3n) is 3.08. The van der Waals surface area contributed by atoms with E-state index in [4.69, 9.17) is 11.6 Å². The Hall–Kier alpha value is -0.270. The second-order valence-corrected chi connectivity index (χ2v) is 7.75. The highest BCUT2D eigenvalue weighted by atomic mass is 35.5. The first-order valence-electron chi connectivity index (χ1n) is 6.95. The van der Waals surface area contributed by atoms with Gasteiger partial charge in [0, 0.05) is 23.4 Å². The molecular weight excluding hydrogens is 328 g/mol. The van der Waals surface area contributed by atoms with Gasteiger partial charge < -0.3 is 5.32 Å². The van der Waals surface area contributed by atoms with Gasteiger partial charge in [-0.2, -0.15) is 11.8 Å². The molecule has 0 aliphatic heterocycles. The van der Waals surface area contributed by atoms with E-state index in [1.165, 1.54) is 6.07 Å². The van der Waals surface area contributed by atoms with Crippen molar-refractivity contribution in [2.75, 3.05) is 18.6 Å². The van der Waals surface area contributed by atoms with Gasteiger partial charge in [0.05, 0.1) is 4.90 Å². The fourth-order valence-electron chi connectivity index (χ4n) is 1.82. The first-order valence-corrected chi connectivity index (χ1v) is 10.2. The van der Waals surface area contributed by atoms with Gasteiger partial charge in [-0.15, -0.1) is 0 Å². The Morgan fingerprint density at radius 3 is 2.57 bits per heavy atom. The lowest BCUT2D eigenvalue weighted by molar-refractivity contribution is 0.558. The van der Waals surface area contributed by atoms with E-state index in [-0.39, 0.29) is 10.9 Å². The van der Waals surface area contributed by atoms with Crippen LogP contribution in [0.15, 0.2) is 23.1 Å². The van der Waals surface area contributed by atoms with Crippen molar-refractivity contribution < 1.29 is 8.42 Å². The molecule has 0 aliphatic carbocycles. The molecule has 0 radical (unpaired) electrons. The van der Waals surface area contributed by atoms with E-state index in [2.05, 4.69) is 10.0 Å². The fraction of sp³-hybridized carbons (Fsp3) is 0.571. The average molecular weight is 351 g/mol. The molecule has 0 bridgehead atoms. The molecule has 0 aliphatic rings. The molecule has 4 nitrogen and oxygen atoms in total. The zero-order valence-electron chi connectivity index (χ0n) is 12.6. The van der Waals surface area contributed by atoms with E-state index in [0.29, 0.717) is 11.6 Å². The Balaban J connectivity index is 2.90. The van der Waals surface area contributed by atoms with Crippen LogP contribution in [0.1, 0.15) is 25.8 Å². The van der Waals surface area contributed by atoms with Crippen molar-refractivity contribution in [2.45, 2.75) is 37.8 Å². The number of halogens is 1. The van der Waals surface area contributed by atoms with Gasteiger partial charge >= 0.3 is 0 Å². The summed E-state index contributed by atoms with van der Waals surface area (Å²) in [6, 6.07) is 4.81. The van der Waals surface area contributed by atoms with Crippen molar-refractivity contribution in [3.63, 3.8) is 0 Å². The molecule has 1 unspecified atom stereocenters.